The van der Waals surface area contributed by atoms with E-state index in [9.17, 15) is 4.79 Å². The maximum Gasteiger partial charge on any atom is 0.321 e. The van der Waals surface area contributed by atoms with Gasteiger partial charge in [-0.15, -0.1) is 0 Å². The maximum absolute atomic E-state index is 15.4. The Morgan fingerprint density at radius 2 is 1.71 bits per heavy atom. The summed E-state index contributed by atoms with van der Waals surface area (Å²) in [6, 6.07) is 18.7. The first-order chi connectivity index (χ1) is 13.6. The predicted octanol–water partition coefficient (Wildman–Crippen LogP) is 4.15. The molecule has 28 heavy (non-hydrogen) atoms. The summed E-state index contributed by atoms with van der Waals surface area (Å²) in [5.41, 5.74) is 0.0491. The third-order valence-electron chi connectivity index (χ3n) is 4.92. The fraction of sp³-hybridized carbons (Fsp3) is 0.286. The molecule has 6 nitrogen and oxygen atoms in total. The van der Waals surface area contributed by atoms with Crippen molar-refractivity contribution < 1.29 is 13.7 Å². The molecule has 0 bridgehead atoms. The van der Waals surface area contributed by atoms with E-state index in [0.717, 1.165) is 5.56 Å². The molecule has 1 aromatic heterocycles. The summed E-state index contributed by atoms with van der Waals surface area (Å²) in [5.74, 6) is 0.462. The lowest BCUT2D eigenvalue weighted by Gasteiger charge is -2.34. The van der Waals surface area contributed by atoms with Gasteiger partial charge in [-0.25, -0.2) is 9.18 Å². The Labute approximate surface area is 162 Å². The number of amides is 2. The Hall–Kier alpha value is -3.22. The second-order valence-corrected chi connectivity index (χ2v) is 6.93. The zero-order valence-electron chi connectivity index (χ0n) is 15.3. The molecule has 2 heterocycles. The topological polar surface area (TPSA) is 71.3 Å². The minimum absolute atomic E-state index is 0.00143. The van der Waals surface area contributed by atoms with Gasteiger partial charge in [0.1, 0.15) is 0 Å². The van der Waals surface area contributed by atoms with Crippen LogP contribution < -0.4 is 5.32 Å². The Morgan fingerprint density at radius 1 is 1.07 bits per heavy atom. The number of piperidine rings is 1. The van der Waals surface area contributed by atoms with E-state index in [1.54, 1.807) is 4.90 Å². The van der Waals surface area contributed by atoms with Crippen LogP contribution in [0.5, 0.6) is 0 Å². The molecule has 7 heteroatoms. The zero-order valence-corrected chi connectivity index (χ0v) is 15.3. The van der Waals surface area contributed by atoms with Gasteiger partial charge in [-0.1, -0.05) is 53.7 Å². The number of nitrogens with zero attached hydrogens (tertiary/aromatic N) is 3. The number of alkyl halides is 1. The highest BCUT2D eigenvalue weighted by atomic mass is 19.1. The summed E-state index contributed by atoms with van der Waals surface area (Å²) in [7, 11) is 0. The number of carbonyl (C=O) groups excluding carboxylic acids is 1. The summed E-state index contributed by atoms with van der Waals surface area (Å²) < 4.78 is 20.6. The van der Waals surface area contributed by atoms with Gasteiger partial charge in [-0.05, 0) is 17.7 Å². The summed E-state index contributed by atoms with van der Waals surface area (Å²) in [5, 5.41) is 6.75. The SMILES string of the molecule is O=C(Nc1ccccc1)N1CCC(F)(c2nc(Cc3ccccc3)no2)CC1. The number of likely N-dealkylation sites (tertiary alicyclic amines) is 1. The van der Waals surface area contributed by atoms with Gasteiger partial charge in [0, 0.05) is 38.0 Å². The van der Waals surface area contributed by atoms with Crippen LogP contribution in [0.15, 0.2) is 65.2 Å². The number of hydrogen-bond donors (Lipinski definition) is 1. The Bertz CT molecular complexity index is 922. The lowest BCUT2D eigenvalue weighted by atomic mass is 9.93. The standard InChI is InChI=1S/C21H21FN4O2/c22-21(19-24-18(25-28-19)15-16-7-3-1-4-8-16)11-13-26(14-12-21)20(27)23-17-9-5-2-6-10-17/h1-10H,11-15H2,(H,23,27). The molecule has 3 aromatic rings. The number of benzene rings is 2. The van der Waals surface area contributed by atoms with E-state index in [1.165, 1.54) is 0 Å². The largest absolute Gasteiger partial charge is 0.336 e. The Balaban J connectivity index is 1.36. The highest BCUT2D eigenvalue weighted by Gasteiger charge is 2.42. The van der Waals surface area contributed by atoms with Crippen LogP contribution in [0.25, 0.3) is 0 Å². The third-order valence-corrected chi connectivity index (χ3v) is 4.92. The number of nitrogens with one attached hydrogen (secondary N) is 1. The maximum atomic E-state index is 15.4. The molecule has 2 amide bonds. The summed E-state index contributed by atoms with van der Waals surface area (Å²) in [4.78, 5) is 18.2. The van der Waals surface area contributed by atoms with Gasteiger partial charge in [-0.3, -0.25) is 0 Å². The number of hydrogen-bond acceptors (Lipinski definition) is 4. The van der Waals surface area contributed by atoms with Crippen LogP contribution in [-0.4, -0.2) is 34.2 Å². The second-order valence-electron chi connectivity index (χ2n) is 6.93. The van der Waals surface area contributed by atoms with Crippen LogP contribution in [0, 0.1) is 0 Å². The van der Waals surface area contributed by atoms with E-state index < -0.39 is 5.67 Å². The van der Waals surface area contributed by atoms with Gasteiger partial charge >= 0.3 is 6.03 Å². The van der Waals surface area contributed by atoms with Gasteiger partial charge in [0.05, 0.1) is 0 Å². The van der Waals surface area contributed by atoms with E-state index in [2.05, 4.69) is 15.5 Å². The van der Waals surface area contributed by atoms with Crippen molar-refractivity contribution in [1.29, 1.82) is 0 Å². The van der Waals surface area contributed by atoms with E-state index in [1.807, 2.05) is 60.7 Å². The summed E-state index contributed by atoms with van der Waals surface area (Å²) in [6.45, 7) is 0.567. The van der Waals surface area contributed by atoms with Gasteiger partial charge in [0.2, 0.25) is 0 Å². The van der Waals surface area contributed by atoms with Crippen LogP contribution in [-0.2, 0) is 12.1 Å². The Kier molecular flexibility index (Phi) is 5.06. The minimum Gasteiger partial charge on any atom is -0.336 e. The van der Waals surface area contributed by atoms with Crippen molar-refractivity contribution in [3.05, 3.63) is 77.9 Å². The van der Waals surface area contributed by atoms with Crippen LogP contribution in [0.1, 0.15) is 30.1 Å². The number of anilines is 1. The average Bonchev–Trinajstić information content (AvgIpc) is 3.19. The smallest absolute Gasteiger partial charge is 0.321 e. The van der Waals surface area contributed by atoms with Crippen LogP contribution in [0.4, 0.5) is 14.9 Å². The van der Waals surface area contributed by atoms with Crippen molar-refractivity contribution in [2.24, 2.45) is 0 Å². The van der Waals surface area contributed by atoms with Gasteiger partial charge in [0.15, 0.2) is 11.5 Å². The Morgan fingerprint density at radius 3 is 2.39 bits per heavy atom. The normalized spacial score (nSPS) is 16.0. The molecule has 0 radical (unpaired) electrons. The monoisotopic (exact) mass is 380 g/mol. The van der Waals surface area contributed by atoms with Crippen molar-refractivity contribution in [3.63, 3.8) is 0 Å². The first kappa shape index (κ1) is 18.2. The van der Waals surface area contributed by atoms with Crippen molar-refractivity contribution in [1.82, 2.24) is 15.0 Å². The van der Waals surface area contributed by atoms with E-state index in [0.29, 0.717) is 17.9 Å². The number of para-hydroxylation sites is 1. The third kappa shape index (κ3) is 4.03. The van der Waals surface area contributed by atoms with Crippen LogP contribution >= 0.6 is 0 Å². The predicted molar refractivity (Wildman–Crippen MR) is 103 cm³/mol. The molecule has 2 aromatic carbocycles. The fourth-order valence-corrected chi connectivity index (χ4v) is 3.29. The van der Waals surface area contributed by atoms with Gasteiger partial charge in [-0.2, -0.15) is 4.98 Å². The van der Waals surface area contributed by atoms with Crippen LogP contribution in [0.2, 0.25) is 0 Å². The molecular weight excluding hydrogens is 359 g/mol. The molecule has 144 valence electrons. The van der Waals surface area contributed by atoms with Crippen molar-refractivity contribution in [2.45, 2.75) is 24.9 Å². The molecule has 1 saturated heterocycles. The lowest BCUT2D eigenvalue weighted by Crippen LogP contribution is -2.45. The van der Waals surface area contributed by atoms with Gasteiger partial charge in [0.25, 0.3) is 5.89 Å². The number of carbonyl (C=O) groups is 1. The lowest BCUT2D eigenvalue weighted by molar-refractivity contribution is 0.0411. The molecule has 4 rings (SSSR count). The minimum atomic E-state index is -1.70. The van der Waals surface area contributed by atoms with Gasteiger partial charge < -0.3 is 14.7 Å². The molecule has 1 N–H and O–H groups in total. The quantitative estimate of drug-likeness (QED) is 0.738. The summed E-state index contributed by atoms with van der Waals surface area (Å²) in [6.07, 6.45) is 0.746. The molecule has 0 spiro atoms. The average molecular weight is 380 g/mol. The first-order valence-corrected chi connectivity index (χ1v) is 9.29. The molecule has 0 unspecified atom stereocenters. The number of urea groups is 1. The molecule has 0 aliphatic carbocycles. The fourth-order valence-electron chi connectivity index (χ4n) is 3.29. The molecule has 0 atom stereocenters. The number of rotatable bonds is 4. The molecule has 1 aliphatic heterocycles. The molecular formula is C21H21FN4O2. The highest BCUT2D eigenvalue weighted by Crippen LogP contribution is 2.36. The van der Waals surface area contributed by atoms with E-state index in [-0.39, 0.29) is 37.9 Å². The van der Waals surface area contributed by atoms with Crippen LogP contribution in [0.3, 0.4) is 0 Å². The second kappa shape index (κ2) is 7.80. The number of aromatic nitrogens is 2. The molecule has 0 saturated carbocycles. The van der Waals surface area contributed by atoms with Crippen molar-refractivity contribution in [3.8, 4) is 0 Å². The highest BCUT2D eigenvalue weighted by molar-refractivity contribution is 5.89. The first-order valence-electron chi connectivity index (χ1n) is 9.29. The molecule has 1 fully saturated rings. The van der Waals surface area contributed by atoms with E-state index >= 15 is 4.39 Å². The van der Waals surface area contributed by atoms with Crippen molar-refractivity contribution in [2.75, 3.05) is 18.4 Å². The van der Waals surface area contributed by atoms with Crippen molar-refractivity contribution >= 4 is 11.7 Å². The summed E-state index contributed by atoms with van der Waals surface area (Å²) >= 11 is 0. The molecule has 1 aliphatic rings. The number of halogens is 1. The zero-order chi connectivity index (χ0) is 19.4. The van der Waals surface area contributed by atoms with E-state index in [4.69, 9.17) is 4.52 Å².